The second-order valence-electron chi connectivity index (χ2n) is 3.61. The van der Waals surface area contributed by atoms with E-state index in [2.05, 4.69) is 15.5 Å². The van der Waals surface area contributed by atoms with Crippen molar-refractivity contribution in [3.05, 3.63) is 35.3 Å². The highest BCUT2D eigenvalue weighted by Crippen LogP contribution is 2.25. The molecule has 0 saturated heterocycles. The molecule has 0 unspecified atom stereocenters. The summed E-state index contributed by atoms with van der Waals surface area (Å²) in [6.07, 6.45) is 0. The number of para-hydroxylation sites is 1. The summed E-state index contributed by atoms with van der Waals surface area (Å²) >= 11 is 2.73. The van der Waals surface area contributed by atoms with Crippen molar-refractivity contribution in [2.24, 2.45) is 0 Å². The van der Waals surface area contributed by atoms with Gasteiger partial charge in [-0.05, 0) is 19.1 Å². The Morgan fingerprint density at radius 2 is 2.32 bits per heavy atom. The minimum Gasteiger partial charge on any atom is -0.324 e. The molecule has 0 aliphatic carbocycles. The van der Waals surface area contributed by atoms with Crippen LogP contribution in [0.5, 0.6) is 0 Å². The number of benzene rings is 1. The van der Waals surface area contributed by atoms with E-state index in [1.165, 1.54) is 23.1 Å². The van der Waals surface area contributed by atoms with Gasteiger partial charge >= 0.3 is 0 Å². The van der Waals surface area contributed by atoms with Gasteiger partial charge in [-0.2, -0.15) is 5.26 Å². The first kappa shape index (κ1) is 13.5. The van der Waals surface area contributed by atoms with E-state index in [1.807, 2.05) is 6.07 Å². The third kappa shape index (κ3) is 3.53. The zero-order valence-corrected chi connectivity index (χ0v) is 11.7. The van der Waals surface area contributed by atoms with Crippen LogP contribution in [0, 0.1) is 11.3 Å². The number of aromatic nitrogens is 2. The summed E-state index contributed by atoms with van der Waals surface area (Å²) in [5.74, 6) is -0.164. The molecular weight excluding hydrogens is 280 g/mol. The van der Waals surface area contributed by atoms with Crippen molar-refractivity contribution in [1.29, 1.82) is 5.26 Å². The standard InChI is InChI=1S/C12H10N4OS2/c1-8(19-12-16-14-7-18-12)11(17)15-10-5-3-2-4-9(10)6-13/h2-5,7-8H,1H3,(H,15,17)/t8-/m0/s1. The normalized spacial score (nSPS) is 11.6. The Balaban J connectivity index is 2.03. The molecule has 1 atom stereocenters. The van der Waals surface area contributed by atoms with Crippen molar-refractivity contribution in [2.45, 2.75) is 16.5 Å². The van der Waals surface area contributed by atoms with Crippen LogP contribution in [-0.4, -0.2) is 21.4 Å². The number of nitrogens with one attached hydrogen (secondary N) is 1. The van der Waals surface area contributed by atoms with Crippen LogP contribution in [0.15, 0.2) is 34.1 Å². The summed E-state index contributed by atoms with van der Waals surface area (Å²) in [5, 5.41) is 19.0. The van der Waals surface area contributed by atoms with E-state index >= 15 is 0 Å². The van der Waals surface area contributed by atoms with Gasteiger partial charge < -0.3 is 5.32 Å². The molecule has 1 N–H and O–H groups in total. The third-order valence-electron chi connectivity index (χ3n) is 2.29. The lowest BCUT2D eigenvalue weighted by Crippen LogP contribution is -2.22. The summed E-state index contributed by atoms with van der Waals surface area (Å²) in [7, 11) is 0. The molecule has 0 radical (unpaired) electrons. The zero-order valence-electron chi connectivity index (χ0n) is 10.0. The quantitative estimate of drug-likeness (QED) is 0.875. The van der Waals surface area contributed by atoms with Crippen LogP contribution in [0.2, 0.25) is 0 Å². The Hall–Kier alpha value is -1.91. The average molecular weight is 290 g/mol. The molecule has 1 aromatic heterocycles. The van der Waals surface area contributed by atoms with Gasteiger partial charge in [0.2, 0.25) is 5.91 Å². The molecular formula is C12H10N4OS2. The summed E-state index contributed by atoms with van der Waals surface area (Å²) in [5.41, 5.74) is 2.60. The van der Waals surface area contributed by atoms with E-state index in [0.717, 1.165) is 4.34 Å². The van der Waals surface area contributed by atoms with Gasteiger partial charge in [0.05, 0.1) is 16.5 Å². The summed E-state index contributed by atoms with van der Waals surface area (Å²) in [4.78, 5) is 12.0. The average Bonchev–Trinajstić information content (AvgIpc) is 2.92. The monoisotopic (exact) mass is 290 g/mol. The van der Waals surface area contributed by atoms with Crippen LogP contribution in [0.25, 0.3) is 0 Å². The van der Waals surface area contributed by atoms with E-state index in [9.17, 15) is 4.79 Å². The maximum absolute atomic E-state index is 12.0. The SMILES string of the molecule is C[C@H](Sc1nncs1)C(=O)Nc1ccccc1C#N. The molecule has 1 aromatic carbocycles. The van der Waals surface area contributed by atoms with Crippen molar-refractivity contribution >= 4 is 34.7 Å². The van der Waals surface area contributed by atoms with E-state index in [-0.39, 0.29) is 11.2 Å². The van der Waals surface area contributed by atoms with Gasteiger partial charge in [0, 0.05) is 0 Å². The van der Waals surface area contributed by atoms with Crippen molar-refractivity contribution in [2.75, 3.05) is 5.32 Å². The highest BCUT2D eigenvalue weighted by atomic mass is 32.2. The van der Waals surface area contributed by atoms with Crippen LogP contribution in [0.1, 0.15) is 12.5 Å². The maximum atomic E-state index is 12.0. The van der Waals surface area contributed by atoms with Crippen LogP contribution < -0.4 is 5.32 Å². The molecule has 7 heteroatoms. The number of rotatable bonds is 4. The number of hydrogen-bond acceptors (Lipinski definition) is 6. The van der Waals surface area contributed by atoms with Crippen molar-refractivity contribution in [3.63, 3.8) is 0 Å². The van der Waals surface area contributed by atoms with Crippen LogP contribution in [0.4, 0.5) is 5.69 Å². The Labute approximate surface area is 118 Å². The van der Waals surface area contributed by atoms with Gasteiger partial charge in [-0.3, -0.25) is 4.79 Å². The smallest absolute Gasteiger partial charge is 0.237 e. The van der Waals surface area contributed by atoms with E-state index in [1.54, 1.807) is 36.7 Å². The van der Waals surface area contributed by atoms with Crippen LogP contribution in [0.3, 0.4) is 0 Å². The molecule has 0 aliphatic rings. The van der Waals surface area contributed by atoms with Gasteiger partial charge in [-0.1, -0.05) is 35.2 Å². The molecule has 0 saturated carbocycles. The largest absolute Gasteiger partial charge is 0.324 e. The van der Waals surface area contributed by atoms with E-state index in [4.69, 9.17) is 5.26 Å². The maximum Gasteiger partial charge on any atom is 0.237 e. The number of hydrogen-bond donors (Lipinski definition) is 1. The lowest BCUT2D eigenvalue weighted by molar-refractivity contribution is -0.115. The second-order valence-corrected chi connectivity index (χ2v) is 6.03. The number of amides is 1. The molecule has 96 valence electrons. The topological polar surface area (TPSA) is 78.7 Å². The van der Waals surface area contributed by atoms with Crippen molar-refractivity contribution in [3.8, 4) is 6.07 Å². The fourth-order valence-corrected chi connectivity index (χ4v) is 2.97. The van der Waals surface area contributed by atoms with Gasteiger partial charge in [0.15, 0.2) is 4.34 Å². The number of carbonyl (C=O) groups excluding carboxylic acids is 1. The highest BCUT2D eigenvalue weighted by molar-refractivity contribution is 8.02. The van der Waals surface area contributed by atoms with Crippen LogP contribution >= 0.6 is 23.1 Å². The second kappa shape index (κ2) is 6.31. The number of carbonyl (C=O) groups is 1. The molecule has 0 aliphatic heterocycles. The number of thioether (sulfide) groups is 1. The summed E-state index contributed by atoms with van der Waals surface area (Å²) in [6.45, 7) is 1.79. The van der Waals surface area contributed by atoms with Crippen molar-refractivity contribution in [1.82, 2.24) is 10.2 Å². The van der Waals surface area contributed by atoms with Crippen molar-refractivity contribution < 1.29 is 4.79 Å². The predicted octanol–water partition coefficient (Wildman–Crippen LogP) is 2.53. The highest BCUT2D eigenvalue weighted by Gasteiger charge is 2.17. The summed E-state index contributed by atoms with van der Waals surface area (Å²) in [6, 6.07) is 8.95. The zero-order chi connectivity index (χ0) is 13.7. The lowest BCUT2D eigenvalue weighted by atomic mass is 10.2. The third-order valence-corrected chi connectivity index (χ3v) is 4.20. The van der Waals surface area contributed by atoms with Crippen LogP contribution in [-0.2, 0) is 4.79 Å². The van der Waals surface area contributed by atoms with Gasteiger partial charge in [-0.25, -0.2) is 0 Å². The Kier molecular flexibility index (Phi) is 4.49. The predicted molar refractivity (Wildman–Crippen MR) is 75.0 cm³/mol. The molecule has 19 heavy (non-hydrogen) atoms. The Morgan fingerprint density at radius 3 is 3.00 bits per heavy atom. The molecule has 5 nitrogen and oxygen atoms in total. The minimum absolute atomic E-state index is 0.164. The van der Waals surface area contributed by atoms with Gasteiger partial charge in [0.25, 0.3) is 0 Å². The molecule has 1 heterocycles. The Bertz CT molecular complexity index is 606. The molecule has 0 bridgehead atoms. The lowest BCUT2D eigenvalue weighted by Gasteiger charge is -2.11. The molecule has 1 amide bonds. The fourth-order valence-electron chi connectivity index (χ4n) is 1.34. The summed E-state index contributed by atoms with van der Waals surface area (Å²) < 4.78 is 0.746. The number of nitrogens with zero attached hydrogens (tertiary/aromatic N) is 3. The molecule has 0 fully saturated rings. The first-order valence-electron chi connectivity index (χ1n) is 5.43. The minimum atomic E-state index is -0.306. The first-order chi connectivity index (χ1) is 9.20. The molecule has 0 spiro atoms. The first-order valence-corrected chi connectivity index (χ1v) is 7.19. The molecule has 2 rings (SSSR count). The number of nitriles is 1. The Morgan fingerprint density at radius 1 is 1.53 bits per heavy atom. The molecule has 2 aromatic rings. The van der Waals surface area contributed by atoms with E-state index in [0.29, 0.717) is 11.3 Å². The van der Waals surface area contributed by atoms with Gasteiger partial charge in [0.1, 0.15) is 11.6 Å². The van der Waals surface area contributed by atoms with Gasteiger partial charge in [-0.15, -0.1) is 10.2 Å². The fraction of sp³-hybridized carbons (Fsp3) is 0.167. The number of anilines is 1. The van der Waals surface area contributed by atoms with E-state index < -0.39 is 0 Å².